The van der Waals surface area contributed by atoms with E-state index in [1.165, 1.54) is 41.5 Å². The summed E-state index contributed by atoms with van der Waals surface area (Å²) in [6.45, 7) is 6.35. The van der Waals surface area contributed by atoms with Crippen LogP contribution < -0.4 is 4.74 Å². The molecule has 180 valence electrons. The fourth-order valence-corrected chi connectivity index (χ4v) is 5.29. The van der Waals surface area contributed by atoms with Crippen LogP contribution in [-0.4, -0.2) is 12.4 Å². The lowest BCUT2D eigenvalue weighted by Gasteiger charge is -2.44. The second kappa shape index (κ2) is 11.5. The predicted octanol–water partition coefficient (Wildman–Crippen LogP) is 8.77. The molecule has 2 atom stereocenters. The normalized spacial score (nSPS) is 17.3. The van der Waals surface area contributed by atoms with Crippen LogP contribution in [-0.2, 0) is 10.2 Å². The van der Waals surface area contributed by atoms with Gasteiger partial charge in [0.2, 0.25) is 6.29 Å². The number of hydrogen-bond donors (Lipinski definition) is 1. The van der Waals surface area contributed by atoms with Crippen LogP contribution in [0.1, 0.15) is 75.7 Å². The zero-order chi connectivity index (χ0) is 24.0. The van der Waals surface area contributed by atoms with Crippen molar-refractivity contribution in [2.45, 2.75) is 82.4 Å². The third-order valence-corrected chi connectivity index (χ3v) is 7.72. The van der Waals surface area contributed by atoms with Crippen molar-refractivity contribution in [1.82, 2.24) is 0 Å². The Balaban J connectivity index is 1.65. The number of benzene rings is 3. The third-order valence-electron chi connectivity index (χ3n) is 7.05. The number of rotatable bonds is 9. The minimum Gasteiger partial charge on any atom is -0.464 e. The molecule has 34 heavy (non-hydrogen) atoms. The molecule has 0 aromatic heterocycles. The van der Waals surface area contributed by atoms with Crippen molar-refractivity contribution < 1.29 is 9.47 Å². The molecule has 1 saturated carbocycles. The molecule has 0 amide bonds. The molecule has 0 bridgehead atoms. The lowest BCUT2D eigenvalue weighted by Crippen LogP contribution is -2.47. The first kappa shape index (κ1) is 24.9. The van der Waals surface area contributed by atoms with Crippen molar-refractivity contribution in [2.75, 3.05) is 0 Å². The molecule has 1 aliphatic rings. The standard InChI is InChI=1S/C31H38O2S/c1-4-29(34)26-15-19-28(20-16-26)33-30(32-23(2)3)31(21-9-6-10-22-31)27-17-13-25(14-18-27)24-11-7-5-8-12-24/h5,7-8,11-20,23,29-30,34H,4,6,9-10,21-22H2,1-3H3. The van der Waals surface area contributed by atoms with Crippen molar-refractivity contribution >= 4 is 12.6 Å². The van der Waals surface area contributed by atoms with E-state index in [0.717, 1.165) is 25.0 Å². The van der Waals surface area contributed by atoms with E-state index in [2.05, 4.69) is 112 Å². The van der Waals surface area contributed by atoms with Crippen LogP contribution in [0.25, 0.3) is 11.1 Å². The minimum absolute atomic E-state index is 0.0774. The molecule has 2 nitrogen and oxygen atoms in total. The maximum atomic E-state index is 6.66. The van der Waals surface area contributed by atoms with E-state index in [1.807, 2.05) is 0 Å². The largest absolute Gasteiger partial charge is 0.464 e. The van der Waals surface area contributed by atoms with Gasteiger partial charge in [-0.1, -0.05) is 92.9 Å². The van der Waals surface area contributed by atoms with Gasteiger partial charge in [-0.05, 0) is 67.5 Å². The Hall–Kier alpha value is -2.23. The topological polar surface area (TPSA) is 18.5 Å². The van der Waals surface area contributed by atoms with Gasteiger partial charge in [0.25, 0.3) is 0 Å². The van der Waals surface area contributed by atoms with Crippen LogP contribution in [0, 0.1) is 0 Å². The molecule has 3 aromatic rings. The highest BCUT2D eigenvalue weighted by atomic mass is 32.1. The van der Waals surface area contributed by atoms with E-state index in [-0.39, 0.29) is 23.1 Å². The lowest BCUT2D eigenvalue weighted by atomic mass is 9.68. The quantitative estimate of drug-likeness (QED) is 0.247. The van der Waals surface area contributed by atoms with Gasteiger partial charge in [0, 0.05) is 5.25 Å². The van der Waals surface area contributed by atoms with E-state index in [9.17, 15) is 0 Å². The van der Waals surface area contributed by atoms with Crippen LogP contribution in [0.2, 0.25) is 0 Å². The lowest BCUT2D eigenvalue weighted by molar-refractivity contribution is -0.159. The zero-order valence-electron chi connectivity index (χ0n) is 20.7. The molecule has 0 heterocycles. The Morgan fingerprint density at radius 1 is 0.794 bits per heavy atom. The van der Waals surface area contributed by atoms with Crippen LogP contribution in [0.3, 0.4) is 0 Å². The molecular formula is C31H38O2S. The highest BCUT2D eigenvalue weighted by molar-refractivity contribution is 7.80. The fraction of sp³-hybridized carbons (Fsp3) is 0.419. The van der Waals surface area contributed by atoms with Gasteiger partial charge in [-0.3, -0.25) is 0 Å². The zero-order valence-corrected chi connectivity index (χ0v) is 21.6. The second-order valence-electron chi connectivity index (χ2n) is 9.79. The van der Waals surface area contributed by atoms with Gasteiger partial charge in [0.15, 0.2) is 0 Å². The molecule has 4 rings (SSSR count). The molecule has 0 N–H and O–H groups in total. The van der Waals surface area contributed by atoms with Gasteiger partial charge in [-0.2, -0.15) is 12.6 Å². The summed E-state index contributed by atoms with van der Waals surface area (Å²) in [6, 6.07) is 28.1. The van der Waals surface area contributed by atoms with Gasteiger partial charge >= 0.3 is 0 Å². The van der Waals surface area contributed by atoms with Crippen molar-refractivity contribution in [3.8, 4) is 16.9 Å². The monoisotopic (exact) mass is 474 g/mol. The Bertz CT molecular complexity index is 1010. The average Bonchev–Trinajstić information content (AvgIpc) is 2.89. The smallest absolute Gasteiger partial charge is 0.209 e. The maximum absolute atomic E-state index is 6.66. The number of thiol groups is 1. The summed E-state index contributed by atoms with van der Waals surface area (Å²) in [4.78, 5) is 0. The molecule has 1 fully saturated rings. The molecule has 3 aromatic carbocycles. The first-order chi connectivity index (χ1) is 16.5. The molecule has 0 aliphatic heterocycles. The van der Waals surface area contributed by atoms with Gasteiger partial charge in [-0.25, -0.2) is 0 Å². The summed E-state index contributed by atoms with van der Waals surface area (Å²) in [5, 5.41) is 0.254. The van der Waals surface area contributed by atoms with E-state index in [4.69, 9.17) is 9.47 Å². The Morgan fingerprint density at radius 2 is 1.41 bits per heavy atom. The van der Waals surface area contributed by atoms with Crippen LogP contribution in [0.4, 0.5) is 0 Å². The summed E-state index contributed by atoms with van der Waals surface area (Å²) >= 11 is 4.68. The Labute approximate surface area is 211 Å². The third kappa shape index (κ3) is 5.70. The molecule has 2 unspecified atom stereocenters. The van der Waals surface area contributed by atoms with Crippen LogP contribution >= 0.6 is 12.6 Å². The molecular weight excluding hydrogens is 436 g/mol. The fourth-order valence-electron chi connectivity index (χ4n) is 5.11. The molecule has 3 heteroatoms. The van der Waals surface area contributed by atoms with Crippen molar-refractivity contribution in [1.29, 1.82) is 0 Å². The van der Waals surface area contributed by atoms with Gasteiger partial charge in [0.1, 0.15) is 5.75 Å². The predicted molar refractivity (Wildman–Crippen MR) is 146 cm³/mol. The molecule has 0 saturated heterocycles. The summed E-state index contributed by atoms with van der Waals surface area (Å²) in [6.07, 6.45) is 6.55. The minimum atomic E-state index is -0.334. The SMILES string of the molecule is CCC(S)c1ccc(OC(OC(C)C)C2(c3ccc(-c4ccccc4)cc3)CCCCC2)cc1. The highest BCUT2D eigenvalue weighted by Gasteiger charge is 2.44. The van der Waals surface area contributed by atoms with Gasteiger partial charge in [0.05, 0.1) is 11.5 Å². The average molecular weight is 475 g/mol. The van der Waals surface area contributed by atoms with E-state index in [1.54, 1.807) is 0 Å². The first-order valence-electron chi connectivity index (χ1n) is 12.8. The Morgan fingerprint density at radius 3 is 2.00 bits per heavy atom. The highest BCUT2D eigenvalue weighted by Crippen LogP contribution is 2.45. The molecule has 1 aliphatic carbocycles. The number of hydrogen-bond acceptors (Lipinski definition) is 3. The van der Waals surface area contributed by atoms with Crippen LogP contribution in [0.15, 0.2) is 78.9 Å². The van der Waals surface area contributed by atoms with Crippen molar-refractivity contribution in [3.63, 3.8) is 0 Å². The Kier molecular flexibility index (Phi) is 8.39. The van der Waals surface area contributed by atoms with Crippen molar-refractivity contribution in [3.05, 3.63) is 90.0 Å². The van der Waals surface area contributed by atoms with Crippen molar-refractivity contribution in [2.24, 2.45) is 0 Å². The van der Waals surface area contributed by atoms with E-state index < -0.39 is 0 Å². The second-order valence-corrected chi connectivity index (χ2v) is 10.4. The molecule has 0 spiro atoms. The summed E-state index contributed by atoms with van der Waals surface area (Å²) in [5.41, 5.74) is 4.86. The van der Waals surface area contributed by atoms with Crippen LogP contribution in [0.5, 0.6) is 5.75 Å². The summed E-state index contributed by atoms with van der Waals surface area (Å²) < 4.78 is 13.2. The number of ether oxygens (including phenoxy) is 2. The molecule has 0 radical (unpaired) electrons. The summed E-state index contributed by atoms with van der Waals surface area (Å²) in [7, 11) is 0. The maximum Gasteiger partial charge on any atom is 0.209 e. The van der Waals surface area contributed by atoms with Gasteiger partial charge < -0.3 is 9.47 Å². The first-order valence-corrected chi connectivity index (χ1v) is 13.3. The van der Waals surface area contributed by atoms with Gasteiger partial charge in [-0.15, -0.1) is 0 Å². The van der Waals surface area contributed by atoms with E-state index in [0.29, 0.717) is 0 Å². The van der Waals surface area contributed by atoms with E-state index >= 15 is 0 Å². The summed E-state index contributed by atoms with van der Waals surface area (Å²) in [5.74, 6) is 0.858.